The SMILES string of the molecule is NCCCCC(NC(=O)C(Cc1ccc(O)cc1)NC(=O)C(CC(N)=O)NC(=O)C(N)CCC(=O)O)C(=O)O. The number of nitrogens with two attached hydrogens (primary N) is 3. The predicted molar refractivity (Wildman–Crippen MR) is 137 cm³/mol. The van der Waals surface area contributed by atoms with Crippen LogP contribution in [0.15, 0.2) is 24.3 Å². The van der Waals surface area contributed by atoms with Crippen molar-refractivity contribution in [3.05, 3.63) is 29.8 Å². The fourth-order valence-corrected chi connectivity index (χ4v) is 3.47. The lowest BCUT2D eigenvalue weighted by atomic mass is 10.0. The van der Waals surface area contributed by atoms with E-state index in [0.29, 0.717) is 24.9 Å². The fourth-order valence-electron chi connectivity index (χ4n) is 3.47. The first-order chi connectivity index (χ1) is 18.3. The molecule has 0 saturated carbocycles. The molecule has 0 heterocycles. The molecule has 4 unspecified atom stereocenters. The third kappa shape index (κ3) is 12.7. The maximum Gasteiger partial charge on any atom is 0.326 e. The number of phenols is 1. The minimum atomic E-state index is -1.55. The Balaban J connectivity index is 3.12. The van der Waals surface area contributed by atoms with Crippen LogP contribution in [-0.4, -0.2) is 81.6 Å². The molecule has 39 heavy (non-hydrogen) atoms. The number of carbonyl (C=O) groups is 6. The van der Waals surface area contributed by atoms with Gasteiger partial charge in [0.25, 0.3) is 0 Å². The molecule has 12 N–H and O–H groups in total. The van der Waals surface area contributed by atoms with Crippen molar-refractivity contribution < 1.29 is 44.1 Å². The average Bonchev–Trinajstić information content (AvgIpc) is 2.86. The monoisotopic (exact) mass is 552 g/mol. The lowest BCUT2D eigenvalue weighted by molar-refractivity contribution is -0.142. The normalized spacial score (nSPS) is 13.8. The van der Waals surface area contributed by atoms with Gasteiger partial charge in [-0.2, -0.15) is 0 Å². The zero-order valence-corrected chi connectivity index (χ0v) is 21.3. The number of carbonyl (C=O) groups excluding carboxylic acids is 4. The highest BCUT2D eigenvalue weighted by Crippen LogP contribution is 2.12. The van der Waals surface area contributed by atoms with E-state index in [2.05, 4.69) is 16.0 Å². The van der Waals surface area contributed by atoms with Gasteiger partial charge in [-0.05, 0) is 49.9 Å². The number of phenolic OH excluding ortho intramolecular Hbond substituents is 1. The number of amides is 4. The standard InChI is InChI=1S/C24H36N6O9/c25-10-2-1-3-16(24(38)39)28-22(36)17(11-13-4-6-14(31)7-5-13)30-23(37)18(12-19(27)32)29-21(35)15(26)8-9-20(33)34/h4-7,15-18,31H,1-3,8-12,25-26H2,(H2,27,32)(H,28,36)(H,29,35)(H,30,37)(H,33,34)(H,38,39). The molecule has 0 aliphatic rings. The third-order valence-electron chi connectivity index (χ3n) is 5.61. The van der Waals surface area contributed by atoms with Crippen LogP contribution in [0.4, 0.5) is 0 Å². The molecular weight excluding hydrogens is 516 g/mol. The molecule has 0 fully saturated rings. The van der Waals surface area contributed by atoms with Gasteiger partial charge < -0.3 is 48.5 Å². The van der Waals surface area contributed by atoms with E-state index < -0.39 is 72.6 Å². The van der Waals surface area contributed by atoms with Gasteiger partial charge in [0.05, 0.1) is 12.5 Å². The third-order valence-corrected chi connectivity index (χ3v) is 5.61. The minimum absolute atomic E-state index is 0.0434. The van der Waals surface area contributed by atoms with Gasteiger partial charge in [0.1, 0.15) is 23.9 Å². The van der Waals surface area contributed by atoms with E-state index in [-0.39, 0.29) is 25.0 Å². The van der Waals surface area contributed by atoms with E-state index in [9.17, 15) is 39.0 Å². The number of benzene rings is 1. The van der Waals surface area contributed by atoms with Crippen LogP contribution in [0.2, 0.25) is 0 Å². The van der Waals surface area contributed by atoms with Crippen molar-refractivity contribution in [3.8, 4) is 5.75 Å². The first-order valence-corrected chi connectivity index (χ1v) is 12.2. The number of hydrogen-bond donors (Lipinski definition) is 9. The summed E-state index contributed by atoms with van der Waals surface area (Å²) in [6.07, 6.45) is -0.387. The summed E-state index contributed by atoms with van der Waals surface area (Å²) in [4.78, 5) is 72.6. The Morgan fingerprint density at radius 2 is 1.36 bits per heavy atom. The van der Waals surface area contributed by atoms with Crippen molar-refractivity contribution >= 4 is 35.6 Å². The van der Waals surface area contributed by atoms with Gasteiger partial charge in [0.2, 0.25) is 23.6 Å². The topological polar surface area (TPSA) is 277 Å². The second kappa shape index (κ2) is 16.6. The number of carboxylic acids is 2. The van der Waals surface area contributed by atoms with Crippen molar-refractivity contribution in [2.24, 2.45) is 17.2 Å². The molecule has 0 aromatic heterocycles. The molecule has 1 aromatic rings. The highest BCUT2D eigenvalue weighted by atomic mass is 16.4. The first-order valence-electron chi connectivity index (χ1n) is 12.2. The van der Waals surface area contributed by atoms with Crippen molar-refractivity contribution in [2.45, 2.75) is 69.1 Å². The molecule has 15 heteroatoms. The van der Waals surface area contributed by atoms with Gasteiger partial charge >= 0.3 is 11.9 Å². The minimum Gasteiger partial charge on any atom is -0.508 e. The number of aromatic hydroxyl groups is 1. The second-order valence-electron chi connectivity index (χ2n) is 8.89. The highest BCUT2D eigenvalue weighted by molar-refractivity contribution is 5.96. The van der Waals surface area contributed by atoms with Crippen molar-refractivity contribution in [3.63, 3.8) is 0 Å². The lowest BCUT2D eigenvalue weighted by Crippen LogP contribution is -2.58. The molecule has 4 atom stereocenters. The largest absolute Gasteiger partial charge is 0.508 e. The van der Waals surface area contributed by atoms with Crippen molar-refractivity contribution in [2.75, 3.05) is 6.54 Å². The van der Waals surface area contributed by atoms with Crippen molar-refractivity contribution in [1.29, 1.82) is 0 Å². The molecule has 0 aliphatic carbocycles. The molecular formula is C24H36N6O9. The molecule has 0 saturated heterocycles. The summed E-state index contributed by atoms with van der Waals surface area (Å²) in [6.45, 7) is 0.340. The number of primary amides is 1. The quantitative estimate of drug-likeness (QED) is 0.0871. The van der Waals surface area contributed by atoms with E-state index in [1.807, 2.05) is 0 Å². The molecule has 1 rings (SSSR count). The van der Waals surface area contributed by atoms with E-state index in [1.165, 1.54) is 24.3 Å². The summed E-state index contributed by atoms with van der Waals surface area (Å²) in [5.74, 6) is -6.22. The second-order valence-corrected chi connectivity index (χ2v) is 8.89. The molecule has 4 amide bonds. The Kier molecular flexibility index (Phi) is 13.9. The van der Waals surface area contributed by atoms with E-state index >= 15 is 0 Å². The predicted octanol–water partition coefficient (Wildman–Crippen LogP) is -2.33. The summed E-state index contributed by atoms with van der Waals surface area (Å²) in [5.41, 5.74) is 16.8. The molecule has 0 radical (unpaired) electrons. The molecule has 0 aliphatic heterocycles. The molecule has 0 spiro atoms. The van der Waals surface area contributed by atoms with Crippen LogP contribution in [0.5, 0.6) is 5.75 Å². The maximum absolute atomic E-state index is 13.1. The highest BCUT2D eigenvalue weighted by Gasteiger charge is 2.31. The summed E-state index contributed by atoms with van der Waals surface area (Å²) in [5, 5.41) is 34.8. The van der Waals surface area contributed by atoms with Gasteiger partial charge in [0.15, 0.2) is 0 Å². The zero-order chi connectivity index (χ0) is 29.5. The number of carboxylic acid groups (broad SMARTS) is 2. The first kappa shape index (κ1) is 32.8. The van der Waals surface area contributed by atoms with E-state index in [0.717, 1.165) is 0 Å². The fraction of sp³-hybridized carbons (Fsp3) is 0.500. The molecule has 0 bridgehead atoms. The molecule has 1 aromatic carbocycles. The lowest BCUT2D eigenvalue weighted by Gasteiger charge is -2.25. The number of hydrogen-bond acceptors (Lipinski definition) is 9. The molecule has 216 valence electrons. The van der Waals surface area contributed by atoms with Crippen LogP contribution in [-0.2, 0) is 35.2 Å². The van der Waals surface area contributed by atoms with Gasteiger partial charge in [-0.25, -0.2) is 4.79 Å². The van der Waals surface area contributed by atoms with Gasteiger partial charge in [-0.3, -0.25) is 24.0 Å². The number of nitrogens with one attached hydrogen (secondary N) is 3. The van der Waals surface area contributed by atoms with Crippen LogP contribution >= 0.6 is 0 Å². The zero-order valence-electron chi connectivity index (χ0n) is 21.3. The summed E-state index contributed by atoms with van der Waals surface area (Å²) >= 11 is 0. The van der Waals surface area contributed by atoms with Crippen LogP contribution < -0.4 is 33.2 Å². The Bertz CT molecular complexity index is 1020. The summed E-state index contributed by atoms with van der Waals surface area (Å²) < 4.78 is 0. The summed E-state index contributed by atoms with van der Waals surface area (Å²) in [7, 11) is 0. The number of unbranched alkanes of at least 4 members (excludes halogenated alkanes) is 1. The van der Waals surface area contributed by atoms with Crippen LogP contribution in [0, 0.1) is 0 Å². The van der Waals surface area contributed by atoms with Crippen molar-refractivity contribution in [1.82, 2.24) is 16.0 Å². The van der Waals surface area contributed by atoms with Gasteiger partial charge in [-0.15, -0.1) is 0 Å². The van der Waals surface area contributed by atoms with Gasteiger partial charge in [0, 0.05) is 12.8 Å². The van der Waals surface area contributed by atoms with Crippen LogP contribution in [0.1, 0.15) is 44.1 Å². The Morgan fingerprint density at radius 1 is 0.795 bits per heavy atom. The van der Waals surface area contributed by atoms with Crippen LogP contribution in [0.25, 0.3) is 0 Å². The number of aliphatic carboxylic acids is 2. The van der Waals surface area contributed by atoms with Crippen LogP contribution in [0.3, 0.4) is 0 Å². The molecule has 15 nitrogen and oxygen atoms in total. The summed E-state index contributed by atoms with van der Waals surface area (Å²) in [6, 6.07) is 0.208. The smallest absolute Gasteiger partial charge is 0.326 e. The Labute approximate surface area is 224 Å². The number of rotatable bonds is 18. The average molecular weight is 553 g/mol. The van der Waals surface area contributed by atoms with E-state index in [1.54, 1.807) is 0 Å². The van der Waals surface area contributed by atoms with Gasteiger partial charge in [-0.1, -0.05) is 12.1 Å². The maximum atomic E-state index is 13.1. The Hall–Kier alpha value is -4.24. The Morgan fingerprint density at radius 3 is 1.90 bits per heavy atom. The van der Waals surface area contributed by atoms with E-state index in [4.69, 9.17) is 22.3 Å².